The lowest BCUT2D eigenvalue weighted by atomic mass is 10.0. The Hall–Kier alpha value is -1.60. The fourth-order valence-corrected chi connectivity index (χ4v) is 3.10. The van der Waals surface area contributed by atoms with E-state index in [0.29, 0.717) is 18.2 Å². The SMILES string of the molecule is C[C@H]1CCCN(C(=O)COc2ccc(CN(C)S(C)(=O)=O)cc2)C1. The summed E-state index contributed by atoms with van der Waals surface area (Å²) < 4.78 is 29.7. The zero-order chi connectivity index (χ0) is 17.7. The summed E-state index contributed by atoms with van der Waals surface area (Å²) >= 11 is 0. The molecule has 1 atom stereocenters. The number of hydrogen-bond acceptors (Lipinski definition) is 4. The van der Waals surface area contributed by atoms with Crippen LogP contribution in [0.3, 0.4) is 0 Å². The first-order valence-electron chi connectivity index (χ1n) is 8.16. The Morgan fingerprint density at radius 1 is 1.33 bits per heavy atom. The third kappa shape index (κ3) is 5.49. The number of benzene rings is 1. The standard InChI is InChI=1S/C17H26N2O4S/c1-14-5-4-10-19(11-14)17(20)13-23-16-8-6-15(7-9-16)12-18(2)24(3,21)22/h6-9,14H,4-5,10-13H2,1-3H3/t14-/m0/s1. The predicted octanol–water partition coefficient (Wildman–Crippen LogP) is 1.72. The molecule has 1 saturated heterocycles. The Morgan fingerprint density at radius 3 is 2.58 bits per heavy atom. The first kappa shape index (κ1) is 18.7. The van der Waals surface area contributed by atoms with E-state index >= 15 is 0 Å². The number of hydrogen-bond donors (Lipinski definition) is 0. The monoisotopic (exact) mass is 354 g/mol. The van der Waals surface area contributed by atoms with Crippen LogP contribution in [0.5, 0.6) is 5.75 Å². The highest BCUT2D eigenvalue weighted by Crippen LogP contribution is 2.17. The highest BCUT2D eigenvalue weighted by molar-refractivity contribution is 7.88. The van der Waals surface area contributed by atoms with Gasteiger partial charge in [0.15, 0.2) is 6.61 Å². The minimum absolute atomic E-state index is 0.0161. The molecule has 1 aliphatic rings. The quantitative estimate of drug-likeness (QED) is 0.780. The van der Waals surface area contributed by atoms with Gasteiger partial charge in [0.1, 0.15) is 5.75 Å². The van der Waals surface area contributed by atoms with Gasteiger partial charge in [-0.05, 0) is 36.5 Å². The van der Waals surface area contributed by atoms with Crippen molar-refractivity contribution in [3.8, 4) is 5.75 Å². The lowest BCUT2D eigenvalue weighted by Crippen LogP contribution is -2.41. The summed E-state index contributed by atoms with van der Waals surface area (Å²) in [4.78, 5) is 14.0. The first-order valence-corrected chi connectivity index (χ1v) is 10.0. The number of amides is 1. The number of piperidine rings is 1. The molecule has 1 aromatic carbocycles. The van der Waals surface area contributed by atoms with Crippen LogP contribution in [0, 0.1) is 5.92 Å². The van der Waals surface area contributed by atoms with E-state index in [4.69, 9.17) is 4.74 Å². The Balaban J connectivity index is 1.84. The molecule has 0 bridgehead atoms. The van der Waals surface area contributed by atoms with E-state index in [2.05, 4.69) is 6.92 Å². The Labute approximate surface area is 144 Å². The summed E-state index contributed by atoms with van der Waals surface area (Å²) in [6.45, 7) is 4.12. The van der Waals surface area contributed by atoms with E-state index < -0.39 is 10.0 Å². The highest BCUT2D eigenvalue weighted by atomic mass is 32.2. The molecule has 0 aliphatic carbocycles. The van der Waals surface area contributed by atoms with Crippen LogP contribution in [0.25, 0.3) is 0 Å². The maximum absolute atomic E-state index is 12.2. The molecule has 0 aromatic heterocycles. The zero-order valence-corrected chi connectivity index (χ0v) is 15.4. The number of sulfonamides is 1. The van der Waals surface area contributed by atoms with E-state index in [-0.39, 0.29) is 12.5 Å². The number of rotatable bonds is 6. The van der Waals surface area contributed by atoms with Crippen LogP contribution >= 0.6 is 0 Å². The summed E-state index contributed by atoms with van der Waals surface area (Å²) in [6, 6.07) is 7.14. The molecular formula is C17H26N2O4S. The molecule has 1 aliphatic heterocycles. The van der Waals surface area contributed by atoms with E-state index in [9.17, 15) is 13.2 Å². The Morgan fingerprint density at radius 2 is 2.00 bits per heavy atom. The normalized spacial score (nSPS) is 18.7. The number of likely N-dealkylation sites (tertiary alicyclic amines) is 1. The van der Waals surface area contributed by atoms with Crippen molar-refractivity contribution in [2.75, 3.05) is 33.0 Å². The fraction of sp³-hybridized carbons (Fsp3) is 0.588. The topological polar surface area (TPSA) is 66.9 Å². The van der Waals surface area contributed by atoms with Crippen molar-refractivity contribution in [1.82, 2.24) is 9.21 Å². The summed E-state index contributed by atoms with van der Waals surface area (Å²) in [6.07, 6.45) is 3.40. The molecule has 1 heterocycles. The van der Waals surface area contributed by atoms with Crippen LogP contribution in [0.4, 0.5) is 0 Å². The average molecular weight is 354 g/mol. The van der Waals surface area contributed by atoms with Gasteiger partial charge in [0, 0.05) is 26.7 Å². The average Bonchev–Trinajstić information content (AvgIpc) is 2.53. The molecule has 2 rings (SSSR count). The molecule has 134 valence electrons. The molecule has 0 radical (unpaired) electrons. The maximum atomic E-state index is 12.2. The molecule has 0 N–H and O–H groups in total. The molecular weight excluding hydrogens is 328 g/mol. The van der Waals surface area contributed by atoms with Crippen LogP contribution in [-0.4, -0.2) is 56.5 Å². The molecule has 24 heavy (non-hydrogen) atoms. The van der Waals surface area contributed by atoms with E-state index in [0.717, 1.165) is 25.1 Å². The lowest BCUT2D eigenvalue weighted by Gasteiger charge is -2.30. The smallest absolute Gasteiger partial charge is 0.260 e. The second-order valence-electron chi connectivity index (χ2n) is 6.54. The van der Waals surface area contributed by atoms with Crippen molar-refractivity contribution in [1.29, 1.82) is 0 Å². The highest BCUT2D eigenvalue weighted by Gasteiger charge is 2.21. The van der Waals surface area contributed by atoms with Gasteiger partial charge in [-0.2, -0.15) is 0 Å². The molecule has 0 unspecified atom stereocenters. The zero-order valence-electron chi connectivity index (χ0n) is 14.6. The molecule has 6 nitrogen and oxygen atoms in total. The third-order valence-corrected chi connectivity index (χ3v) is 5.53. The summed E-state index contributed by atoms with van der Waals surface area (Å²) in [5.74, 6) is 1.18. The van der Waals surface area contributed by atoms with Gasteiger partial charge in [0.25, 0.3) is 5.91 Å². The summed E-state index contributed by atoms with van der Waals surface area (Å²) in [7, 11) is -1.66. The Kier molecular flexibility index (Phi) is 6.23. The number of nitrogens with zero attached hydrogens (tertiary/aromatic N) is 2. The minimum Gasteiger partial charge on any atom is -0.484 e. The van der Waals surface area contributed by atoms with Crippen molar-refractivity contribution in [2.24, 2.45) is 5.92 Å². The van der Waals surface area contributed by atoms with Crippen molar-refractivity contribution in [3.05, 3.63) is 29.8 Å². The van der Waals surface area contributed by atoms with Crippen LogP contribution in [0.15, 0.2) is 24.3 Å². The third-order valence-electron chi connectivity index (χ3n) is 4.27. The molecule has 1 amide bonds. The van der Waals surface area contributed by atoms with Gasteiger partial charge >= 0.3 is 0 Å². The van der Waals surface area contributed by atoms with Gasteiger partial charge in [-0.3, -0.25) is 4.79 Å². The van der Waals surface area contributed by atoms with Gasteiger partial charge in [-0.25, -0.2) is 12.7 Å². The summed E-state index contributed by atoms with van der Waals surface area (Å²) in [5, 5.41) is 0. The van der Waals surface area contributed by atoms with Crippen LogP contribution in [-0.2, 0) is 21.4 Å². The van der Waals surface area contributed by atoms with Gasteiger partial charge in [0.05, 0.1) is 6.26 Å². The molecule has 1 fully saturated rings. The van der Waals surface area contributed by atoms with Crippen molar-refractivity contribution in [2.45, 2.75) is 26.3 Å². The first-order chi connectivity index (χ1) is 11.3. The van der Waals surface area contributed by atoms with Crippen LogP contribution in [0.2, 0.25) is 0 Å². The largest absolute Gasteiger partial charge is 0.484 e. The molecule has 7 heteroatoms. The number of carbonyl (C=O) groups excluding carboxylic acids is 1. The van der Waals surface area contributed by atoms with Gasteiger partial charge in [-0.1, -0.05) is 19.1 Å². The van der Waals surface area contributed by atoms with E-state index in [1.54, 1.807) is 12.1 Å². The van der Waals surface area contributed by atoms with Crippen molar-refractivity contribution in [3.63, 3.8) is 0 Å². The lowest BCUT2D eigenvalue weighted by molar-refractivity contribution is -0.135. The predicted molar refractivity (Wildman–Crippen MR) is 93.2 cm³/mol. The van der Waals surface area contributed by atoms with Gasteiger partial charge in [0.2, 0.25) is 10.0 Å². The van der Waals surface area contributed by atoms with Crippen molar-refractivity contribution >= 4 is 15.9 Å². The maximum Gasteiger partial charge on any atom is 0.260 e. The second kappa shape index (κ2) is 7.98. The molecule has 0 spiro atoms. The minimum atomic E-state index is -3.20. The fourth-order valence-electron chi connectivity index (χ4n) is 2.72. The van der Waals surface area contributed by atoms with Crippen LogP contribution < -0.4 is 4.74 Å². The van der Waals surface area contributed by atoms with E-state index in [1.165, 1.54) is 24.0 Å². The summed E-state index contributed by atoms with van der Waals surface area (Å²) in [5.41, 5.74) is 0.867. The van der Waals surface area contributed by atoms with Crippen LogP contribution in [0.1, 0.15) is 25.3 Å². The van der Waals surface area contributed by atoms with Gasteiger partial charge < -0.3 is 9.64 Å². The number of carbonyl (C=O) groups is 1. The molecule has 1 aromatic rings. The van der Waals surface area contributed by atoms with Crippen molar-refractivity contribution < 1.29 is 17.9 Å². The second-order valence-corrected chi connectivity index (χ2v) is 8.63. The number of ether oxygens (including phenoxy) is 1. The molecule has 0 saturated carbocycles. The van der Waals surface area contributed by atoms with E-state index in [1.807, 2.05) is 17.0 Å². The Bertz CT molecular complexity index is 658. The van der Waals surface area contributed by atoms with Gasteiger partial charge in [-0.15, -0.1) is 0 Å².